The Hall–Kier alpha value is -2.35. The molecule has 0 bridgehead atoms. The number of aromatic amines is 2. The molecule has 0 unspecified atom stereocenters. The summed E-state index contributed by atoms with van der Waals surface area (Å²) in [7, 11) is 0. The number of aliphatic imine (C=N–C) groups is 1. The summed E-state index contributed by atoms with van der Waals surface area (Å²) in [5.74, 6) is -0.124. The van der Waals surface area contributed by atoms with Gasteiger partial charge in [-0.25, -0.2) is 15.0 Å². The van der Waals surface area contributed by atoms with Gasteiger partial charge in [-0.05, 0) is 32.1 Å². The van der Waals surface area contributed by atoms with Crippen molar-refractivity contribution in [1.29, 1.82) is 0 Å². The molecule has 0 saturated heterocycles. The highest BCUT2D eigenvalue weighted by Gasteiger charge is 2.05. The topological polar surface area (TPSA) is 107 Å². The summed E-state index contributed by atoms with van der Waals surface area (Å²) >= 11 is 4.72. The molecule has 0 aliphatic rings. The van der Waals surface area contributed by atoms with E-state index in [0.29, 0.717) is 0 Å². The van der Waals surface area contributed by atoms with Crippen molar-refractivity contribution >= 4 is 24.4 Å². The summed E-state index contributed by atoms with van der Waals surface area (Å²) in [6.07, 6.45) is 1.19. The second-order valence-corrected chi connectivity index (χ2v) is 4.29. The first-order valence-electron chi connectivity index (χ1n) is 5.37. The van der Waals surface area contributed by atoms with Crippen LogP contribution < -0.4 is 5.56 Å². The molecule has 3 N–H and O–H groups in total. The van der Waals surface area contributed by atoms with Crippen LogP contribution in [0.2, 0.25) is 0 Å². The maximum Gasteiger partial charge on any atom is 0.264 e. The quantitative estimate of drug-likeness (QED) is 0.566. The highest BCUT2D eigenvalue weighted by Crippen LogP contribution is 2.09. The van der Waals surface area contributed by atoms with Crippen molar-refractivity contribution in [3.63, 3.8) is 0 Å². The molecule has 2 heterocycles. The largest absolute Gasteiger partial charge is 0.494 e. The van der Waals surface area contributed by atoms with Crippen molar-refractivity contribution in [1.82, 2.24) is 19.9 Å². The number of rotatable bonds is 2. The van der Waals surface area contributed by atoms with E-state index in [1.165, 1.54) is 6.21 Å². The van der Waals surface area contributed by atoms with Crippen LogP contribution in [0.15, 0.2) is 15.9 Å². The van der Waals surface area contributed by atoms with E-state index in [0.717, 1.165) is 11.4 Å². The minimum atomic E-state index is -0.533. The standard InChI is InChI=1S/C11H11N5O2S/c1-5-3-6(2)14-10(13-5)12-4-7-8(17)15-11(19)16-9(7)18/h3-4H,1-2H3,(H3,15,16,17,18,19). The highest BCUT2D eigenvalue weighted by molar-refractivity contribution is 7.71. The molecule has 2 aromatic rings. The van der Waals surface area contributed by atoms with E-state index in [1.54, 1.807) is 0 Å². The molecule has 7 nitrogen and oxygen atoms in total. The zero-order valence-corrected chi connectivity index (χ0v) is 11.1. The van der Waals surface area contributed by atoms with Gasteiger partial charge in [-0.1, -0.05) is 0 Å². The van der Waals surface area contributed by atoms with Gasteiger partial charge in [0.05, 0.1) is 0 Å². The van der Waals surface area contributed by atoms with Crippen LogP contribution in [0.1, 0.15) is 17.0 Å². The van der Waals surface area contributed by atoms with Crippen LogP contribution in [0.4, 0.5) is 5.95 Å². The Morgan fingerprint density at radius 2 is 1.95 bits per heavy atom. The van der Waals surface area contributed by atoms with Crippen molar-refractivity contribution in [2.24, 2.45) is 4.99 Å². The van der Waals surface area contributed by atoms with Crippen molar-refractivity contribution in [3.8, 4) is 5.88 Å². The van der Waals surface area contributed by atoms with Gasteiger partial charge in [-0.15, -0.1) is 0 Å². The van der Waals surface area contributed by atoms with Crippen LogP contribution in [0.5, 0.6) is 5.88 Å². The third kappa shape index (κ3) is 3.10. The Balaban J connectivity index is 2.43. The van der Waals surface area contributed by atoms with Crippen LogP contribution >= 0.6 is 12.2 Å². The monoisotopic (exact) mass is 277 g/mol. The van der Waals surface area contributed by atoms with E-state index in [-0.39, 0.29) is 22.2 Å². The molecule has 0 aromatic carbocycles. The van der Waals surface area contributed by atoms with E-state index in [9.17, 15) is 9.90 Å². The average Bonchev–Trinajstić information content (AvgIpc) is 2.25. The fourth-order valence-electron chi connectivity index (χ4n) is 1.49. The number of aromatic hydroxyl groups is 1. The molecule has 0 aliphatic heterocycles. The van der Waals surface area contributed by atoms with Gasteiger partial charge in [0.1, 0.15) is 5.56 Å². The van der Waals surface area contributed by atoms with Crippen molar-refractivity contribution in [3.05, 3.63) is 38.1 Å². The van der Waals surface area contributed by atoms with E-state index < -0.39 is 5.56 Å². The summed E-state index contributed by atoms with van der Waals surface area (Å²) in [6, 6.07) is 1.81. The lowest BCUT2D eigenvalue weighted by atomic mass is 10.3. The summed E-state index contributed by atoms with van der Waals surface area (Å²) in [6.45, 7) is 3.63. The predicted molar refractivity (Wildman–Crippen MR) is 72.7 cm³/mol. The molecule has 2 rings (SSSR count). The number of H-pyrrole nitrogens is 2. The minimum Gasteiger partial charge on any atom is -0.494 e. The average molecular weight is 277 g/mol. The number of hydrogen-bond acceptors (Lipinski definition) is 6. The van der Waals surface area contributed by atoms with Crippen molar-refractivity contribution in [2.75, 3.05) is 0 Å². The van der Waals surface area contributed by atoms with Crippen LogP contribution in [-0.4, -0.2) is 31.3 Å². The minimum absolute atomic E-state index is 0.0311. The molecule has 8 heteroatoms. The van der Waals surface area contributed by atoms with Gasteiger partial charge in [0, 0.05) is 17.6 Å². The van der Waals surface area contributed by atoms with Gasteiger partial charge in [-0.2, -0.15) is 0 Å². The molecule has 0 radical (unpaired) electrons. The van der Waals surface area contributed by atoms with Gasteiger partial charge < -0.3 is 10.1 Å². The third-order valence-electron chi connectivity index (χ3n) is 2.24. The highest BCUT2D eigenvalue weighted by atomic mass is 32.1. The Labute approximate surface area is 113 Å². The summed E-state index contributed by atoms with van der Waals surface area (Å²) in [5, 5.41) is 9.59. The lowest BCUT2D eigenvalue weighted by Crippen LogP contribution is -2.13. The molecule has 0 spiro atoms. The Kier molecular flexibility index (Phi) is 3.52. The van der Waals surface area contributed by atoms with Crippen molar-refractivity contribution < 1.29 is 5.11 Å². The molecule has 0 amide bonds. The van der Waals surface area contributed by atoms with E-state index in [4.69, 9.17) is 12.2 Å². The lowest BCUT2D eigenvalue weighted by molar-refractivity contribution is 0.449. The SMILES string of the molecule is Cc1cc(C)nc(N=Cc2c(O)[nH]c(=S)[nH]c2=O)n1. The summed E-state index contributed by atoms with van der Waals surface area (Å²) < 4.78 is 0.0438. The molecule has 0 fully saturated rings. The Morgan fingerprint density at radius 1 is 1.32 bits per heavy atom. The Bertz CT molecular complexity index is 742. The fraction of sp³-hybridized carbons (Fsp3) is 0.182. The van der Waals surface area contributed by atoms with E-state index in [2.05, 4.69) is 24.9 Å². The normalized spacial score (nSPS) is 11.1. The second kappa shape index (κ2) is 5.11. The van der Waals surface area contributed by atoms with Gasteiger partial charge in [0.2, 0.25) is 11.8 Å². The number of aryl methyl sites for hydroxylation is 2. The first-order chi connectivity index (χ1) is 8.95. The molecule has 2 aromatic heterocycles. The van der Waals surface area contributed by atoms with E-state index in [1.807, 2.05) is 19.9 Å². The molecule has 0 saturated carbocycles. The van der Waals surface area contributed by atoms with Gasteiger partial charge in [-0.3, -0.25) is 9.78 Å². The molecule has 0 aliphatic carbocycles. The van der Waals surface area contributed by atoms with Crippen LogP contribution in [0, 0.1) is 18.6 Å². The summed E-state index contributed by atoms with van der Waals surface area (Å²) in [5.41, 5.74) is 0.973. The molecular formula is C11H11N5O2S. The van der Waals surface area contributed by atoms with Crippen LogP contribution in [0.3, 0.4) is 0 Å². The van der Waals surface area contributed by atoms with Gasteiger partial charge in [0.15, 0.2) is 4.77 Å². The maximum absolute atomic E-state index is 11.6. The fourth-order valence-corrected chi connectivity index (χ4v) is 1.68. The number of aromatic nitrogens is 4. The Morgan fingerprint density at radius 3 is 2.53 bits per heavy atom. The molecule has 98 valence electrons. The second-order valence-electron chi connectivity index (χ2n) is 3.88. The van der Waals surface area contributed by atoms with Crippen LogP contribution in [0.25, 0.3) is 0 Å². The van der Waals surface area contributed by atoms with Gasteiger partial charge in [0.25, 0.3) is 5.56 Å². The zero-order chi connectivity index (χ0) is 14.0. The first-order valence-corrected chi connectivity index (χ1v) is 5.78. The smallest absolute Gasteiger partial charge is 0.264 e. The lowest BCUT2D eigenvalue weighted by Gasteiger charge is -1.98. The third-order valence-corrected chi connectivity index (χ3v) is 2.44. The van der Waals surface area contributed by atoms with Crippen LogP contribution in [-0.2, 0) is 0 Å². The maximum atomic E-state index is 11.6. The molecule has 19 heavy (non-hydrogen) atoms. The number of nitrogens with one attached hydrogen (secondary N) is 2. The number of hydrogen-bond donors (Lipinski definition) is 3. The molecular weight excluding hydrogens is 266 g/mol. The van der Waals surface area contributed by atoms with Gasteiger partial charge >= 0.3 is 0 Å². The predicted octanol–water partition coefficient (Wildman–Crippen LogP) is 1.30. The summed E-state index contributed by atoms with van der Waals surface area (Å²) in [4.78, 5) is 28.5. The molecule has 0 atom stereocenters. The van der Waals surface area contributed by atoms with E-state index >= 15 is 0 Å². The zero-order valence-electron chi connectivity index (χ0n) is 10.3. The van der Waals surface area contributed by atoms with Crippen molar-refractivity contribution in [2.45, 2.75) is 13.8 Å². The first kappa shape index (κ1) is 13.1. The number of nitrogens with zero attached hydrogens (tertiary/aromatic N) is 3.